The molecule has 0 unspecified atom stereocenters. The molecule has 9 heteroatoms. The van der Waals surface area contributed by atoms with E-state index in [-0.39, 0.29) is 16.9 Å². The van der Waals surface area contributed by atoms with Crippen LogP contribution in [0.25, 0.3) is 6.08 Å². The highest BCUT2D eigenvalue weighted by atomic mass is 79.9. The molecule has 2 aromatic carbocycles. The monoisotopic (exact) mass is 459 g/mol. The van der Waals surface area contributed by atoms with Crippen molar-refractivity contribution in [2.45, 2.75) is 13.8 Å². The second-order valence-electron chi connectivity index (χ2n) is 5.87. The van der Waals surface area contributed by atoms with Crippen LogP contribution >= 0.6 is 15.9 Å². The fourth-order valence-corrected chi connectivity index (χ4v) is 3.09. The lowest BCUT2D eigenvalue weighted by Gasteiger charge is -2.12. The molecule has 0 saturated heterocycles. The number of carbonyl (C=O) groups excluding carboxylic acids is 1. The zero-order chi connectivity index (χ0) is 21.6. The molecule has 0 radical (unpaired) electrons. The number of benzene rings is 2. The number of carbonyl (C=O) groups is 1. The summed E-state index contributed by atoms with van der Waals surface area (Å²) in [5.41, 5.74) is 0.732. The largest absolute Gasteiger partial charge is 0.493 e. The Morgan fingerprint density at radius 1 is 1.38 bits per heavy atom. The number of nitrogens with one attached hydrogen (secondary N) is 1. The molecular weight excluding hydrogens is 442 g/mol. The number of nitro benzene ring substituents is 1. The summed E-state index contributed by atoms with van der Waals surface area (Å²) >= 11 is 3.38. The van der Waals surface area contributed by atoms with E-state index in [1.54, 1.807) is 25.1 Å². The maximum Gasteiger partial charge on any atom is 0.293 e. The summed E-state index contributed by atoms with van der Waals surface area (Å²) in [5, 5.41) is 23.1. The molecule has 8 nitrogen and oxygen atoms in total. The topological polar surface area (TPSA) is 114 Å². The lowest BCUT2D eigenvalue weighted by Crippen LogP contribution is -2.14. The van der Waals surface area contributed by atoms with E-state index in [2.05, 4.69) is 21.2 Å². The van der Waals surface area contributed by atoms with Crippen molar-refractivity contribution in [3.8, 4) is 17.6 Å². The molecule has 0 aliphatic heterocycles. The molecule has 0 saturated carbocycles. The number of nitro groups is 1. The summed E-state index contributed by atoms with van der Waals surface area (Å²) < 4.78 is 11.4. The Balaban J connectivity index is 2.38. The molecule has 0 aromatic heterocycles. The molecule has 0 atom stereocenters. The van der Waals surface area contributed by atoms with Gasteiger partial charge in [-0.15, -0.1) is 0 Å². The Morgan fingerprint density at radius 3 is 2.69 bits per heavy atom. The maximum absolute atomic E-state index is 12.5. The highest BCUT2D eigenvalue weighted by Crippen LogP contribution is 2.37. The van der Waals surface area contributed by atoms with Crippen LogP contribution in [0, 0.1) is 28.4 Å². The van der Waals surface area contributed by atoms with E-state index in [1.807, 2.05) is 13.0 Å². The molecule has 0 heterocycles. The molecule has 0 bridgehead atoms. The van der Waals surface area contributed by atoms with Crippen molar-refractivity contribution in [3.63, 3.8) is 0 Å². The van der Waals surface area contributed by atoms with Gasteiger partial charge in [-0.1, -0.05) is 6.07 Å². The number of halogens is 1. The van der Waals surface area contributed by atoms with Gasteiger partial charge in [0.1, 0.15) is 17.3 Å². The van der Waals surface area contributed by atoms with Crippen molar-refractivity contribution in [2.24, 2.45) is 0 Å². The minimum Gasteiger partial charge on any atom is -0.493 e. The predicted molar refractivity (Wildman–Crippen MR) is 112 cm³/mol. The van der Waals surface area contributed by atoms with Crippen LogP contribution in [0.5, 0.6) is 11.5 Å². The average Bonchev–Trinajstić information content (AvgIpc) is 2.68. The molecule has 0 aliphatic rings. The highest BCUT2D eigenvalue weighted by Gasteiger charge is 2.19. The van der Waals surface area contributed by atoms with Gasteiger partial charge in [0.15, 0.2) is 11.5 Å². The number of amides is 1. The first kappa shape index (κ1) is 21.9. The van der Waals surface area contributed by atoms with Crippen LogP contribution in [0.15, 0.2) is 40.4 Å². The van der Waals surface area contributed by atoms with Gasteiger partial charge in [-0.25, -0.2) is 0 Å². The van der Waals surface area contributed by atoms with E-state index in [4.69, 9.17) is 9.47 Å². The number of nitriles is 1. The Morgan fingerprint density at radius 2 is 2.10 bits per heavy atom. The van der Waals surface area contributed by atoms with Gasteiger partial charge in [0.2, 0.25) is 0 Å². The van der Waals surface area contributed by atoms with Crippen molar-refractivity contribution in [2.75, 3.05) is 19.0 Å². The molecule has 0 aliphatic carbocycles. The summed E-state index contributed by atoms with van der Waals surface area (Å²) in [5.74, 6) is 0.174. The Kier molecular flexibility index (Phi) is 7.33. The number of aryl methyl sites for hydroxylation is 1. The van der Waals surface area contributed by atoms with Crippen molar-refractivity contribution >= 4 is 39.3 Å². The van der Waals surface area contributed by atoms with Crippen LogP contribution < -0.4 is 14.8 Å². The lowest BCUT2D eigenvalue weighted by molar-refractivity contribution is -0.384. The van der Waals surface area contributed by atoms with Crippen LogP contribution in [-0.4, -0.2) is 24.5 Å². The van der Waals surface area contributed by atoms with Gasteiger partial charge in [-0.2, -0.15) is 5.26 Å². The third kappa shape index (κ3) is 5.33. The minimum atomic E-state index is -0.761. The van der Waals surface area contributed by atoms with E-state index in [0.717, 1.165) is 0 Å². The van der Waals surface area contributed by atoms with Crippen molar-refractivity contribution < 1.29 is 19.2 Å². The van der Waals surface area contributed by atoms with Crippen LogP contribution in [0.4, 0.5) is 11.4 Å². The molecular formula is C20H18BrN3O5. The summed E-state index contributed by atoms with van der Waals surface area (Å²) in [6, 6.07) is 9.52. The van der Waals surface area contributed by atoms with Gasteiger partial charge >= 0.3 is 0 Å². The smallest absolute Gasteiger partial charge is 0.293 e. The third-order valence-electron chi connectivity index (χ3n) is 3.81. The highest BCUT2D eigenvalue weighted by molar-refractivity contribution is 9.10. The van der Waals surface area contributed by atoms with Gasteiger partial charge in [0.25, 0.3) is 11.6 Å². The van der Waals surface area contributed by atoms with Gasteiger partial charge in [-0.3, -0.25) is 14.9 Å². The van der Waals surface area contributed by atoms with Gasteiger partial charge in [-0.05, 0) is 65.2 Å². The van der Waals surface area contributed by atoms with Crippen molar-refractivity contribution in [3.05, 3.63) is 61.6 Å². The summed E-state index contributed by atoms with van der Waals surface area (Å²) in [4.78, 5) is 23.2. The fraction of sp³-hybridized carbons (Fsp3) is 0.200. The Bertz CT molecular complexity index is 1030. The van der Waals surface area contributed by atoms with E-state index < -0.39 is 10.8 Å². The SMILES string of the molecule is CCOc1c(Br)cc(/C=C(\C#N)C(=O)Nc2ccc(C)cc2[N+](=O)[O-])cc1OC. The van der Waals surface area contributed by atoms with E-state index in [9.17, 15) is 20.2 Å². The quantitative estimate of drug-likeness (QED) is 0.279. The Hall–Kier alpha value is -3.38. The average molecular weight is 460 g/mol. The first-order valence-electron chi connectivity index (χ1n) is 8.49. The van der Waals surface area contributed by atoms with Gasteiger partial charge in [0.05, 0.1) is 23.1 Å². The minimum absolute atomic E-state index is 0.0113. The molecule has 0 spiro atoms. The molecule has 0 fully saturated rings. The standard InChI is InChI=1S/C20H18BrN3O5/c1-4-29-19-15(21)9-13(10-18(19)28-3)8-14(11-22)20(25)23-16-6-5-12(2)7-17(16)24(26)27/h5-10H,4H2,1-3H3,(H,23,25)/b14-8+. The van der Waals surface area contributed by atoms with Crippen LogP contribution in [0.3, 0.4) is 0 Å². The summed E-state index contributed by atoms with van der Waals surface area (Å²) in [7, 11) is 1.48. The van der Waals surface area contributed by atoms with Gasteiger partial charge in [0, 0.05) is 6.07 Å². The molecule has 150 valence electrons. The number of nitrogens with zero attached hydrogens (tertiary/aromatic N) is 2. The van der Waals surface area contributed by atoms with E-state index >= 15 is 0 Å². The second kappa shape index (κ2) is 9.71. The zero-order valence-electron chi connectivity index (χ0n) is 16.0. The Labute approximate surface area is 176 Å². The third-order valence-corrected chi connectivity index (χ3v) is 4.40. The number of rotatable bonds is 7. The van der Waals surface area contributed by atoms with Crippen molar-refractivity contribution in [1.29, 1.82) is 5.26 Å². The zero-order valence-corrected chi connectivity index (χ0v) is 17.6. The maximum atomic E-state index is 12.5. The first-order chi connectivity index (χ1) is 13.8. The van der Waals surface area contributed by atoms with E-state index in [0.29, 0.717) is 33.7 Å². The lowest BCUT2D eigenvalue weighted by atomic mass is 10.1. The predicted octanol–water partition coefficient (Wildman–Crippen LogP) is 4.62. The first-order valence-corrected chi connectivity index (χ1v) is 9.28. The van der Waals surface area contributed by atoms with Gasteiger partial charge < -0.3 is 14.8 Å². The van der Waals surface area contributed by atoms with E-state index in [1.165, 1.54) is 25.3 Å². The van der Waals surface area contributed by atoms with Crippen molar-refractivity contribution in [1.82, 2.24) is 0 Å². The number of ether oxygens (including phenoxy) is 2. The van der Waals surface area contributed by atoms with Crippen LogP contribution in [0.2, 0.25) is 0 Å². The number of methoxy groups -OCH3 is 1. The normalized spacial score (nSPS) is 10.8. The molecule has 1 amide bonds. The molecule has 1 N–H and O–H groups in total. The van der Waals surface area contributed by atoms with Crippen LogP contribution in [-0.2, 0) is 4.79 Å². The molecule has 2 aromatic rings. The summed E-state index contributed by atoms with van der Waals surface area (Å²) in [6.45, 7) is 3.98. The fourth-order valence-electron chi connectivity index (χ4n) is 2.51. The second-order valence-corrected chi connectivity index (χ2v) is 6.72. The summed E-state index contributed by atoms with van der Waals surface area (Å²) in [6.07, 6.45) is 1.36. The van der Waals surface area contributed by atoms with Crippen LogP contribution in [0.1, 0.15) is 18.1 Å². The molecule has 29 heavy (non-hydrogen) atoms. The number of hydrogen-bond acceptors (Lipinski definition) is 6. The number of hydrogen-bond donors (Lipinski definition) is 1. The molecule has 2 rings (SSSR count). The number of anilines is 1.